The van der Waals surface area contributed by atoms with Crippen LogP contribution in [0.2, 0.25) is 10.0 Å². The summed E-state index contributed by atoms with van der Waals surface area (Å²) < 4.78 is 16.0. The molecule has 3 aromatic carbocycles. The van der Waals surface area contributed by atoms with Gasteiger partial charge in [-0.3, -0.25) is 19.2 Å². The van der Waals surface area contributed by atoms with Gasteiger partial charge >= 0.3 is 12.1 Å². The number of alkyl carbamates (subject to hydrolysis) is 1. The van der Waals surface area contributed by atoms with E-state index in [9.17, 15) is 28.8 Å². The van der Waals surface area contributed by atoms with E-state index >= 15 is 0 Å². The number of ether oxygens (including phenoxy) is 3. The van der Waals surface area contributed by atoms with Gasteiger partial charge in [-0.25, -0.2) is 9.59 Å². The molecule has 16 heteroatoms. The number of hydrogen-bond donors (Lipinski definition) is 5. The highest BCUT2D eigenvalue weighted by molar-refractivity contribution is 6.35. The van der Waals surface area contributed by atoms with Gasteiger partial charge in [0.1, 0.15) is 36.1 Å². The quantitative estimate of drug-likeness (QED) is 0.107. The van der Waals surface area contributed by atoms with Gasteiger partial charge in [-0.2, -0.15) is 0 Å². The van der Waals surface area contributed by atoms with Crippen molar-refractivity contribution in [2.75, 3.05) is 20.2 Å². The summed E-state index contributed by atoms with van der Waals surface area (Å²) in [7, 11) is 1.23. The summed E-state index contributed by atoms with van der Waals surface area (Å²) in [6.45, 7) is 7.91. The van der Waals surface area contributed by atoms with Crippen LogP contribution in [0, 0.1) is 5.92 Å². The highest BCUT2D eigenvalue weighted by atomic mass is 35.5. The maximum atomic E-state index is 13.4. The molecule has 0 aliphatic heterocycles. The molecule has 3 rings (SSSR count). The first kappa shape index (κ1) is 46.0. The lowest BCUT2D eigenvalue weighted by atomic mass is 10.0. The molecule has 5 amide bonds. The van der Waals surface area contributed by atoms with Crippen LogP contribution >= 0.6 is 23.2 Å². The van der Waals surface area contributed by atoms with Crippen molar-refractivity contribution in [3.05, 3.63) is 99.5 Å². The van der Waals surface area contributed by atoms with Crippen LogP contribution in [0.4, 0.5) is 4.79 Å². The molecule has 0 aromatic heterocycles. The number of carbonyl (C=O) groups excluding carboxylic acids is 6. The van der Waals surface area contributed by atoms with Gasteiger partial charge in [0.15, 0.2) is 0 Å². The predicted octanol–water partition coefficient (Wildman–Crippen LogP) is 4.67. The van der Waals surface area contributed by atoms with E-state index in [2.05, 4.69) is 26.6 Å². The van der Waals surface area contributed by atoms with Gasteiger partial charge in [0, 0.05) is 28.5 Å². The molecular weight excluding hydrogens is 777 g/mol. The Kier molecular flexibility index (Phi) is 18.1. The van der Waals surface area contributed by atoms with Crippen LogP contribution in [-0.4, -0.2) is 79.6 Å². The van der Waals surface area contributed by atoms with Crippen molar-refractivity contribution in [3.63, 3.8) is 0 Å². The maximum Gasteiger partial charge on any atom is 0.408 e. The Morgan fingerprint density at radius 3 is 1.82 bits per heavy atom. The normalized spacial score (nSPS) is 12.6. The molecule has 0 aliphatic carbocycles. The highest BCUT2D eigenvalue weighted by Crippen LogP contribution is 2.26. The van der Waals surface area contributed by atoms with Gasteiger partial charge in [0.05, 0.1) is 20.2 Å². The number of benzene rings is 3. The van der Waals surface area contributed by atoms with Crippen molar-refractivity contribution >= 4 is 58.9 Å². The minimum Gasteiger partial charge on any atom is -0.489 e. The fourth-order valence-corrected chi connectivity index (χ4v) is 5.89. The van der Waals surface area contributed by atoms with E-state index in [1.165, 1.54) is 7.11 Å². The highest BCUT2D eigenvalue weighted by Gasteiger charge is 2.29. The van der Waals surface area contributed by atoms with Crippen LogP contribution in [0.5, 0.6) is 5.75 Å². The van der Waals surface area contributed by atoms with Gasteiger partial charge in [0.25, 0.3) is 0 Å². The van der Waals surface area contributed by atoms with E-state index in [1.807, 2.05) is 19.9 Å². The van der Waals surface area contributed by atoms with Crippen LogP contribution in [0.15, 0.2) is 72.8 Å². The Hall–Kier alpha value is -5.34. The maximum absolute atomic E-state index is 13.4. The van der Waals surface area contributed by atoms with Gasteiger partial charge < -0.3 is 40.8 Å². The second-order valence-electron chi connectivity index (χ2n) is 14.6. The fraction of sp³-hybridized carbons (Fsp3) is 0.415. The molecule has 0 aliphatic rings. The number of methoxy groups -OCH3 is 1. The SMILES string of the molecule is COC(=O)[C@H](CC(C)C)NC(=O)[C@H](Cc1ccccc1)NC(=O)CNC(=O)CNC(=O)[C@H](Cc1ccc(OCc2c(Cl)cccc2Cl)cc1)NC(=O)OC(C)(C)C. The van der Waals surface area contributed by atoms with E-state index in [0.29, 0.717) is 33.3 Å². The lowest BCUT2D eigenvalue weighted by Crippen LogP contribution is -2.54. The van der Waals surface area contributed by atoms with Crippen LogP contribution in [0.25, 0.3) is 0 Å². The van der Waals surface area contributed by atoms with Gasteiger partial charge in [-0.1, -0.05) is 85.6 Å². The van der Waals surface area contributed by atoms with Crippen molar-refractivity contribution in [3.8, 4) is 5.75 Å². The Bertz CT molecular complexity index is 1820. The fourth-order valence-electron chi connectivity index (χ4n) is 5.38. The molecule has 0 saturated heterocycles. The zero-order chi connectivity index (χ0) is 42.1. The lowest BCUT2D eigenvalue weighted by molar-refractivity contribution is -0.145. The third kappa shape index (κ3) is 16.7. The molecule has 0 heterocycles. The molecule has 0 radical (unpaired) electrons. The second-order valence-corrected chi connectivity index (χ2v) is 15.4. The molecule has 14 nitrogen and oxygen atoms in total. The summed E-state index contributed by atoms with van der Waals surface area (Å²) >= 11 is 12.5. The third-order valence-corrected chi connectivity index (χ3v) is 8.84. The zero-order valence-corrected chi connectivity index (χ0v) is 34.4. The number of nitrogens with one attached hydrogen (secondary N) is 5. The van der Waals surface area contributed by atoms with E-state index in [4.69, 9.17) is 37.4 Å². The minimum absolute atomic E-state index is 0.0323. The average molecular weight is 829 g/mol. The number of hydrogen-bond acceptors (Lipinski definition) is 9. The lowest BCUT2D eigenvalue weighted by Gasteiger charge is -2.24. The molecule has 5 N–H and O–H groups in total. The summed E-state index contributed by atoms with van der Waals surface area (Å²) in [6, 6.07) is 17.8. The number of amides is 5. The molecule has 308 valence electrons. The Labute approximate surface area is 343 Å². The second kappa shape index (κ2) is 22.4. The zero-order valence-electron chi connectivity index (χ0n) is 32.9. The Balaban J connectivity index is 1.61. The number of esters is 1. The smallest absolute Gasteiger partial charge is 0.408 e. The van der Waals surface area contributed by atoms with Crippen molar-refractivity contribution in [2.24, 2.45) is 5.92 Å². The first-order valence-corrected chi connectivity index (χ1v) is 19.1. The molecule has 3 atom stereocenters. The van der Waals surface area contributed by atoms with Gasteiger partial charge in [-0.15, -0.1) is 0 Å². The van der Waals surface area contributed by atoms with Crippen molar-refractivity contribution in [2.45, 2.75) is 84.2 Å². The predicted molar refractivity (Wildman–Crippen MR) is 216 cm³/mol. The van der Waals surface area contributed by atoms with Crippen molar-refractivity contribution < 1.29 is 43.0 Å². The summed E-state index contributed by atoms with van der Waals surface area (Å²) in [6.07, 6.45) is -0.374. The summed E-state index contributed by atoms with van der Waals surface area (Å²) in [4.78, 5) is 77.5. The minimum atomic E-state index is -1.15. The summed E-state index contributed by atoms with van der Waals surface area (Å²) in [5.74, 6) is -2.71. The van der Waals surface area contributed by atoms with E-state index < -0.39 is 72.5 Å². The van der Waals surface area contributed by atoms with Crippen LogP contribution in [-0.2, 0) is 52.9 Å². The summed E-state index contributed by atoms with van der Waals surface area (Å²) in [5.41, 5.74) is 1.20. The third-order valence-electron chi connectivity index (χ3n) is 8.13. The molecule has 0 fully saturated rings. The molecule has 0 spiro atoms. The van der Waals surface area contributed by atoms with E-state index in [1.54, 1.807) is 87.5 Å². The molecule has 57 heavy (non-hydrogen) atoms. The molecule has 0 saturated carbocycles. The number of rotatable bonds is 19. The van der Waals surface area contributed by atoms with Crippen molar-refractivity contribution in [1.29, 1.82) is 0 Å². The van der Waals surface area contributed by atoms with Crippen LogP contribution in [0.1, 0.15) is 57.7 Å². The molecule has 0 bridgehead atoms. The van der Waals surface area contributed by atoms with E-state index in [-0.39, 0.29) is 25.4 Å². The first-order valence-electron chi connectivity index (χ1n) is 18.3. The van der Waals surface area contributed by atoms with Crippen LogP contribution in [0.3, 0.4) is 0 Å². The number of carbonyl (C=O) groups is 6. The molecular formula is C41H51Cl2N5O9. The van der Waals surface area contributed by atoms with E-state index in [0.717, 1.165) is 5.56 Å². The first-order chi connectivity index (χ1) is 26.9. The van der Waals surface area contributed by atoms with Gasteiger partial charge in [-0.05, 0) is 68.5 Å². The Morgan fingerprint density at radius 2 is 1.25 bits per heavy atom. The topological polar surface area (TPSA) is 190 Å². The Morgan fingerprint density at radius 1 is 0.667 bits per heavy atom. The largest absolute Gasteiger partial charge is 0.489 e. The molecule has 3 aromatic rings. The number of halogens is 2. The summed E-state index contributed by atoms with van der Waals surface area (Å²) in [5, 5.41) is 13.7. The standard InChI is InChI=1S/C41H51Cl2N5O9/c1-25(2)19-34(39(53)55-6)47-38(52)33(20-26-11-8-7-9-12-26)46-36(50)23-44-35(49)22-45-37(51)32(48-40(54)57-41(3,4)5)21-27-15-17-28(18-16-27)56-24-29-30(42)13-10-14-31(29)43/h7-18,25,32-34H,19-24H2,1-6H3,(H,44,49)(H,45,51)(H,46,50)(H,47,52)(H,48,54)/t32-,33-,34-/m0/s1. The monoisotopic (exact) mass is 827 g/mol. The van der Waals surface area contributed by atoms with Crippen molar-refractivity contribution in [1.82, 2.24) is 26.6 Å². The molecule has 0 unspecified atom stereocenters. The van der Waals surface area contributed by atoms with Crippen LogP contribution < -0.4 is 31.3 Å². The average Bonchev–Trinajstić information content (AvgIpc) is 3.14. The van der Waals surface area contributed by atoms with Gasteiger partial charge in [0.2, 0.25) is 23.6 Å².